The van der Waals surface area contributed by atoms with E-state index >= 15 is 0 Å². The van der Waals surface area contributed by atoms with Crippen LogP contribution in [0.3, 0.4) is 0 Å². The van der Waals surface area contributed by atoms with Crippen LogP contribution in [0.1, 0.15) is 12.0 Å². The number of hydrogen-bond acceptors (Lipinski definition) is 4. The first-order chi connectivity index (χ1) is 11.6. The minimum Gasteiger partial charge on any atom is -0.481 e. The fourth-order valence-electron chi connectivity index (χ4n) is 2.21. The fraction of sp³-hybridized carbons (Fsp3) is 0.111. The summed E-state index contributed by atoms with van der Waals surface area (Å²) in [5.41, 5.74) is 3.96. The highest BCUT2D eigenvalue weighted by atomic mass is 79.9. The van der Waals surface area contributed by atoms with Crippen molar-refractivity contribution in [3.05, 3.63) is 63.9 Å². The van der Waals surface area contributed by atoms with Crippen molar-refractivity contribution < 1.29 is 9.90 Å². The number of nitrogens with zero attached hydrogens (tertiary/aromatic N) is 1. The predicted octanol–water partition coefficient (Wildman–Crippen LogP) is 5.33. The van der Waals surface area contributed by atoms with Gasteiger partial charge in [0, 0.05) is 27.5 Å². The molecule has 6 heteroatoms. The largest absolute Gasteiger partial charge is 0.481 e. The van der Waals surface area contributed by atoms with Crippen LogP contribution in [0.25, 0.3) is 11.3 Å². The average molecular weight is 403 g/mol. The van der Waals surface area contributed by atoms with Gasteiger partial charge in [-0.1, -0.05) is 40.2 Å². The zero-order valence-corrected chi connectivity index (χ0v) is 15.1. The van der Waals surface area contributed by atoms with Gasteiger partial charge in [0.25, 0.3) is 0 Å². The van der Waals surface area contributed by atoms with Crippen LogP contribution in [0.2, 0.25) is 0 Å². The van der Waals surface area contributed by atoms with Crippen molar-refractivity contribution in [2.75, 3.05) is 5.32 Å². The number of nitrogens with one attached hydrogen (secondary N) is 1. The van der Waals surface area contributed by atoms with Crippen LogP contribution < -0.4 is 5.32 Å². The predicted molar refractivity (Wildman–Crippen MR) is 101 cm³/mol. The van der Waals surface area contributed by atoms with Gasteiger partial charge in [0.15, 0.2) is 5.13 Å². The summed E-state index contributed by atoms with van der Waals surface area (Å²) in [6, 6.07) is 15.8. The van der Waals surface area contributed by atoms with Crippen LogP contribution in [-0.2, 0) is 11.2 Å². The van der Waals surface area contributed by atoms with Gasteiger partial charge < -0.3 is 10.4 Å². The van der Waals surface area contributed by atoms with E-state index in [-0.39, 0.29) is 6.42 Å². The van der Waals surface area contributed by atoms with E-state index in [2.05, 4.69) is 26.2 Å². The number of aliphatic carboxylic acids is 1. The number of anilines is 2. The second-order valence-electron chi connectivity index (χ2n) is 5.26. The van der Waals surface area contributed by atoms with Crippen LogP contribution in [0, 0.1) is 0 Å². The minimum atomic E-state index is -0.777. The Morgan fingerprint density at radius 2 is 1.83 bits per heavy atom. The van der Waals surface area contributed by atoms with E-state index in [1.807, 2.05) is 53.9 Å². The van der Waals surface area contributed by atoms with E-state index in [0.29, 0.717) is 6.42 Å². The maximum absolute atomic E-state index is 10.6. The van der Waals surface area contributed by atoms with Gasteiger partial charge in [-0.3, -0.25) is 4.79 Å². The number of carboxylic acids is 1. The third-order valence-corrected chi connectivity index (χ3v) is 4.76. The van der Waals surface area contributed by atoms with Gasteiger partial charge in [0.2, 0.25) is 0 Å². The number of halogens is 1. The molecule has 0 saturated carbocycles. The number of rotatable bonds is 6. The molecule has 3 rings (SSSR count). The molecule has 2 N–H and O–H groups in total. The Hall–Kier alpha value is -2.18. The first kappa shape index (κ1) is 16.7. The Bertz CT molecular complexity index is 829. The number of thiazole rings is 1. The van der Waals surface area contributed by atoms with Crippen molar-refractivity contribution >= 4 is 44.1 Å². The van der Waals surface area contributed by atoms with Crippen molar-refractivity contribution in [1.29, 1.82) is 0 Å². The third kappa shape index (κ3) is 4.43. The second kappa shape index (κ2) is 7.59. The van der Waals surface area contributed by atoms with Gasteiger partial charge in [-0.15, -0.1) is 11.3 Å². The Kier molecular flexibility index (Phi) is 5.27. The van der Waals surface area contributed by atoms with Crippen molar-refractivity contribution in [1.82, 2.24) is 4.98 Å². The number of carboxylic acid groups (broad SMARTS) is 1. The van der Waals surface area contributed by atoms with E-state index in [0.717, 1.165) is 32.1 Å². The summed E-state index contributed by atoms with van der Waals surface area (Å²) in [7, 11) is 0. The van der Waals surface area contributed by atoms with Gasteiger partial charge in [-0.05, 0) is 36.2 Å². The molecule has 0 aliphatic heterocycles. The number of aryl methyl sites for hydroxylation is 1. The van der Waals surface area contributed by atoms with Gasteiger partial charge in [-0.2, -0.15) is 0 Å². The average Bonchev–Trinajstić information content (AvgIpc) is 3.03. The second-order valence-corrected chi connectivity index (χ2v) is 7.03. The standard InChI is InChI=1S/C18H15BrN2O2S/c19-14-6-4-13(5-7-14)16-11-24-18(21-16)20-15-8-1-12(2-9-15)3-10-17(22)23/h1-2,4-9,11H,3,10H2,(H,20,21)(H,22,23). The summed E-state index contributed by atoms with van der Waals surface area (Å²) in [6.07, 6.45) is 0.691. The molecule has 4 nitrogen and oxygen atoms in total. The van der Waals surface area contributed by atoms with Crippen molar-refractivity contribution in [3.63, 3.8) is 0 Å². The van der Waals surface area contributed by atoms with Gasteiger partial charge in [0.1, 0.15) is 0 Å². The number of carbonyl (C=O) groups is 1. The zero-order valence-electron chi connectivity index (χ0n) is 12.7. The molecule has 0 radical (unpaired) electrons. The van der Waals surface area contributed by atoms with Crippen LogP contribution in [0.4, 0.5) is 10.8 Å². The maximum Gasteiger partial charge on any atom is 0.303 e. The quantitative estimate of drug-likeness (QED) is 0.584. The van der Waals surface area contributed by atoms with Crippen LogP contribution in [0.5, 0.6) is 0 Å². The molecule has 0 saturated heterocycles. The first-order valence-corrected chi connectivity index (χ1v) is 9.06. The molecule has 0 atom stereocenters. The number of aromatic nitrogens is 1. The lowest BCUT2D eigenvalue weighted by atomic mass is 10.1. The molecule has 1 heterocycles. The molecule has 24 heavy (non-hydrogen) atoms. The molecule has 2 aromatic carbocycles. The van der Waals surface area contributed by atoms with Crippen molar-refractivity contribution in [3.8, 4) is 11.3 Å². The molecular formula is C18H15BrN2O2S. The molecular weight excluding hydrogens is 388 g/mol. The molecule has 0 unspecified atom stereocenters. The SMILES string of the molecule is O=C(O)CCc1ccc(Nc2nc(-c3ccc(Br)cc3)cs2)cc1. The lowest BCUT2D eigenvalue weighted by Crippen LogP contribution is -1.97. The van der Waals surface area contributed by atoms with Crippen molar-refractivity contribution in [2.24, 2.45) is 0 Å². The Labute approximate surface area is 152 Å². The van der Waals surface area contributed by atoms with E-state index in [4.69, 9.17) is 5.11 Å². The highest BCUT2D eigenvalue weighted by Crippen LogP contribution is 2.28. The summed E-state index contributed by atoms with van der Waals surface area (Å²) < 4.78 is 1.04. The topological polar surface area (TPSA) is 62.2 Å². The van der Waals surface area contributed by atoms with E-state index in [1.54, 1.807) is 11.3 Å². The van der Waals surface area contributed by atoms with Gasteiger partial charge in [-0.25, -0.2) is 4.98 Å². The lowest BCUT2D eigenvalue weighted by molar-refractivity contribution is -0.136. The van der Waals surface area contributed by atoms with E-state index in [1.165, 1.54) is 0 Å². The van der Waals surface area contributed by atoms with Gasteiger partial charge >= 0.3 is 5.97 Å². The smallest absolute Gasteiger partial charge is 0.303 e. The monoisotopic (exact) mass is 402 g/mol. The van der Waals surface area contributed by atoms with Gasteiger partial charge in [0.05, 0.1) is 5.69 Å². The molecule has 3 aromatic rings. The highest BCUT2D eigenvalue weighted by Gasteiger charge is 2.05. The molecule has 0 amide bonds. The molecule has 0 bridgehead atoms. The van der Waals surface area contributed by atoms with E-state index in [9.17, 15) is 4.79 Å². The number of hydrogen-bond donors (Lipinski definition) is 2. The summed E-state index contributed by atoms with van der Waals surface area (Å²) in [5.74, 6) is -0.777. The first-order valence-electron chi connectivity index (χ1n) is 7.39. The Morgan fingerprint density at radius 1 is 1.12 bits per heavy atom. The number of benzene rings is 2. The normalized spacial score (nSPS) is 10.5. The van der Waals surface area contributed by atoms with Crippen LogP contribution in [-0.4, -0.2) is 16.1 Å². The third-order valence-electron chi connectivity index (χ3n) is 3.48. The fourth-order valence-corrected chi connectivity index (χ4v) is 3.22. The molecule has 0 fully saturated rings. The molecule has 0 spiro atoms. The summed E-state index contributed by atoms with van der Waals surface area (Å²) in [5, 5.41) is 14.8. The summed E-state index contributed by atoms with van der Waals surface area (Å²) in [6.45, 7) is 0. The lowest BCUT2D eigenvalue weighted by Gasteiger charge is -2.04. The Balaban J connectivity index is 1.66. The Morgan fingerprint density at radius 3 is 2.50 bits per heavy atom. The zero-order chi connectivity index (χ0) is 16.9. The minimum absolute atomic E-state index is 0.149. The van der Waals surface area contributed by atoms with Crippen molar-refractivity contribution in [2.45, 2.75) is 12.8 Å². The summed E-state index contributed by atoms with van der Waals surface area (Å²) in [4.78, 5) is 15.2. The van der Waals surface area contributed by atoms with E-state index < -0.39 is 5.97 Å². The van der Waals surface area contributed by atoms with Crippen LogP contribution >= 0.6 is 27.3 Å². The molecule has 122 valence electrons. The highest BCUT2D eigenvalue weighted by molar-refractivity contribution is 9.10. The molecule has 0 aliphatic rings. The maximum atomic E-state index is 10.6. The van der Waals surface area contributed by atoms with Crippen LogP contribution in [0.15, 0.2) is 58.4 Å². The molecule has 0 aliphatic carbocycles. The molecule has 1 aromatic heterocycles. The summed E-state index contributed by atoms with van der Waals surface area (Å²) >= 11 is 4.98.